The minimum Gasteiger partial charge on any atom is -0.283 e. The molecule has 5 heteroatoms. The van der Waals surface area contributed by atoms with Crippen LogP contribution in [0.3, 0.4) is 0 Å². The number of carbonyl (C=O) groups excluding carboxylic acids is 1. The van der Waals surface area contributed by atoms with Crippen LogP contribution in [0, 0.1) is 0 Å². The van der Waals surface area contributed by atoms with Crippen LogP contribution in [0.2, 0.25) is 0 Å². The first-order valence-corrected chi connectivity index (χ1v) is 2.19. The van der Waals surface area contributed by atoms with Crippen LogP contribution in [0.1, 0.15) is 0 Å². The Labute approximate surface area is 54.1 Å². The molecule has 0 saturated carbocycles. The van der Waals surface area contributed by atoms with Crippen LogP contribution in [0.25, 0.3) is 0 Å². The standard InChI is InChI=1S/C4H2ClF3O/c1-2(5)3(9)4(6,7)8/h1H2. The Morgan fingerprint density at radius 1 is 1.44 bits per heavy atom. The average molecular weight is 159 g/mol. The molecule has 0 aromatic heterocycles. The molecule has 0 aromatic carbocycles. The van der Waals surface area contributed by atoms with E-state index in [1.54, 1.807) is 0 Å². The predicted molar refractivity (Wildman–Crippen MR) is 26.1 cm³/mol. The lowest BCUT2D eigenvalue weighted by atomic mass is 10.4. The van der Waals surface area contributed by atoms with Crippen LogP contribution in [-0.2, 0) is 4.79 Å². The summed E-state index contributed by atoms with van der Waals surface area (Å²) < 4.78 is 33.6. The molecular weight excluding hydrogens is 156 g/mol. The monoisotopic (exact) mass is 158 g/mol. The molecule has 0 unspecified atom stereocenters. The molecule has 0 N–H and O–H groups in total. The van der Waals surface area contributed by atoms with E-state index in [9.17, 15) is 18.0 Å². The highest BCUT2D eigenvalue weighted by Crippen LogP contribution is 2.20. The van der Waals surface area contributed by atoms with E-state index < -0.39 is 17.0 Å². The second-order valence-electron chi connectivity index (χ2n) is 1.23. The maximum atomic E-state index is 11.2. The molecule has 0 saturated heterocycles. The third-order valence-corrected chi connectivity index (χ3v) is 0.675. The molecule has 0 amide bonds. The molecule has 0 aliphatic heterocycles. The van der Waals surface area contributed by atoms with Crippen molar-refractivity contribution in [3.63, 3.8) is 0 Å². The highest BCUT2D eigenvalue weighted by atomic mass is 35.5. The smallest absolute Gasteiger partial charge is 0.283 e. The molecule has 1 nitrogen and oxygen atoms in total. The number of allylic oxidation sites excluding steroid dienone is 1. The number of alkyl halides is 3. The summed E-state index contributed by atoms with van der Waals surface area (Å²) in [5.74, 6) is -2.09. The van der Waals surface area contributed by atoms with Crippen molar-refractivity contribution in [2.24, 2.45) is 0 Å². The van der Waals surface area contributed by atoms with Gasteiger partial charge in [-0.05, 0) is 0 Å². The van der Waals surface area contributed by atoms with E-state index in [0.717, 1.165) is 0 Å². The normalized spacial score (nSPS) is 11.1. The first-order valence-electron chi connectivity index (χ1n) is 1.81. The third kappa shape index (κ3) is 2.51. The summed E-state index contributed by atoms with van der Waals surface area (Å²) in [6.07, 6.45) is -4.89. The molecule has 9 heavy (non-hydrogen) atoms. The summed E-state index contributed by atoms with van der Waals surface area (Å²) in [5, 5.41) is -1.01. The van der Waals surface area contributed by atoms with E-state index in [0.29, 0.717) is 0 Å². The Morgan fingerprint density at radius 2 is 1.78 bits per heavy atom. The minimum absolute atomic E-state index is 1.01. The number of hydrogen-bond acceptors (Lipinski definition) is 1. The van der Waals surface area contributed by atoms with Gasteiger partial charge in [-0.3, -0.25) is 4.79 Å². The van der Waals surface area contributed by atoms with Gasteiger partial charge in [-0.2, -0.15) is 13.2 Å². The molecule has 0 rings (SSSR count). The van der Waals surface area contributed by atoms with Crippen LogP contribution in [0.15, 0.2) is 11.6 Å². The molecule has 0 fully saturated rings. The van der Waals surface area contributed by atoms with Gasteiger partial charge in [0.05, 0.1) is 5.03 Å². The fourth-order valence-electron chi connectivity index (χ4n) is 0.154. The lowest BCUT2D eigenvalue weighted by Crippen LogP contribution is -2.21. The molecule has 52 valence electrons. The number of halogens is 4. The Hall–Kier alpha value is -0.510. The van der Waals surface area contributed by atoms with E-state index in [2.05, 4.69) is 18.2 Å². The largest absolute Gasteiger partial charge is 0.455 e. The topological polar surface area (TPSA) is 17.1 Å². The number of hydrogen-bond donors (Lipinski definition) is 0. The second-order valence-corrected chi connectivity index (χ2v) is 1.69. The highest BCUT2D eigenvalue weighted by Gasteiger charge is 2.39. The number of carbonyl (C=O) groups is 1. The van der Waals surface area contributed by atoms with Crippen molar-refractivity contribution in [2.75, 3.05) is 0 Å². The van der Waals surface area contributed by atoms with Crippen molar-refractivity contribution < 1.29 is 18.0 Å². The molecular formula is C4H2ClF3O. The lowest BCUT2D eigenvalue weighted by molar-refractivity contribution is -0.165. The molecule has 0 aliphatic carbocycles. The Bertz CT molecular complexity index is 148. The van der Waals surface area contributed by atoms with Crippen molar-refractivity contribution in [1.82, 2.24) is 0 Å². The summed E-state index contributed by atoms with van der Waals surface area (Å²) >= 11 is 4.65. The van der Waals surface area contributed by atoms with Crippen LogP contribution in [0.4, 0.5) is 13.2 Å². The van der Waals surface area contributed by atoms with Gasteiger partial charge in [0.25, 0.3) is 5.78 Å². The van der Waals surface area contributed by atoms with Crippen LogP contribution in [-0.4, -0.2) is 12.0 Å². The summed E-state index contributed by atoms with van der Waals surface area (Å²) in [5.41, 5.74) is 0. The van der Waals surface area contributed by atoms with Crippen molar-refractivity contribution in [1.29, 1.82) is 0 Å². The van der Waals surface area contributed by atoms with Gasteiger partial charge < -0.3 is 0 Å². The van der Waals surface area contributed by atoms with E-state index in [-0.39, 0.29) is 0 Å². The van der Waals surface area contributed by atoms with Crippen molar-refractivity contribution in [3.05, 3.63) is 11.6 Å². The van der Waals surface area contributed by atoms with Gasteiger partial charge >= 0.3 is 6.18 Å². The highest BCUT2D eigenvalue weighted by molar-refractivity contribution is 6.42. The van der Waals surface area contributed by atoms with Crippen molar-refractivity contribution in [2.45, 2.75) is 6.18 Å². The van der Waals surface area contributed by atoms with Gasteiger partial charge in [0.1, 0.15) is 0 Å². The molecule has 0 aromatic rings. The zero-order chi connectivity index (χ0) is 7.65. The van der Waals surface area contributed by atoms with Gasteiger partial charge in [0.2, 0.25) is 0 Å². The van der Waals surface area contributed by atoms with E-state index in [1.165, 1.54) is 0 Å². The maximum absolute atomic E-state index is 11.2. The predicted octanol–water partition coefficient (Wildman–Crippen LogP) is 1.87. The molecule has 0 spiro atoms. The zero-order valence-electron chi connectivity index (χ0n) is 4.13. The maximum Gasteiger partial charge on any atom is 0.455 e. The van der Waals surface area contributed by atoms with Crippen LogP contribution < -0.4 is 0 Å². The lowest BCUT2D eigenvalue weighted by Gasteiger charge is -2.00. The van der Waals surface area contributed by atoms with Crippen LogP contribution in [0.5, 0.6) is 0 Å². The molecule has 0 aliphatic rings. The fraction of sp³-hybridized carbons (Fsp3) is 0.250. The SMILES string of the molecule is C=C(Cl)C(=O)C(F)(F)F. The van der Waals surface area contributed by atoms with Gasteiger partial charge in [-0.25, -0.2) is 0 Å². The minimum atomic E-state index is -4.89. The second kappa shape index (κ2) is 2.39. The van der Waals surface area contributed by atoms with Gasteiger partial charge in [0, 0.05) is 0 Å². The first-order chi connectivity index (χ1) is 3.85. The summed E-state index contributed by atoms with van der Waals surface area (Å²) in [7, 11) is 0. The van der Waals surface area contributed by atoms with E-state index >= 15 is 0 Å². The average Bonchev–Trinajstić information content (AvgIpc) is 1.62. The van der Waals surface area contributed by atoms with Gasteiger partial charge in [-0.1, -0.05) is 18.2 Å². The fourth-order valence-corrected chi connectivity index (χ4v) is 0.261. The van der Waals surface area contributed by atoms with Gasteiger partial charge in [0.15, 0.2) is 0 Å². The molecule has 0 bridgehead atoms. The summed E-state index contributed by atoms with van der Waals surface area (Å²) in [6.45, 7) is 2.62. The molecule has 0 atom stereocenters. The number of ketones is 1. The molecule has 0 heterocycles. The van der Waals surface area contributed by atoms with E-state index in [4.69, 9.17) is 0 Å². The van der Waals surface area contributed by atoms with Crippen molar-refractivity contribution >= 4 is 17.4 Å². The van der Waals surface area contributed by atoms with E-state index in [1.807, 2.05) is 0 Å². The quantitative estimate of drug-likeness (QED) is 0.533. The first kappa shape index (κ1) is 8.49. The number of Topliss-reactive ketones (excluding diaryl/α,β-unsaturated/α-hetero) is 1. The molecule has 0 radical (unpaired) electrons. The zero-order valence-corrected chi connectivity index (χ0v) is 4.88. The number of rotatable bonds is 1. The van der Waals surface area contributed by atoms with Gasteiger partial charge in [-0.15, -0.1) is 0 Å². The van der Waals surface area contributed by atoms with Crippen LogP contribution >= 0.6 is 11.6 Å². The Morgan fingerprint density at radius 3 is 1.78 bits per heavy atom. The third-order valence-electron chi connectivity index (χ3n) is 0.504. The van der Waals surface area contributed by atoms with Crippen molar-refractivity contribution in [3.8, 4) is 0 Å². The summed E-state index contributed by atoms with van der Waals surface area (Å²) in [6, 6.07) is 0. The Kier molecular flexibility index (Phi) is 2.25. The Balaban J connectivity index is 4.23. The summed E-state index contributed by atoms with van der Waals surface area (Å²) in [4.78, 5) is 9.81.